The molecule has 1 unspecified atom stereocenters. The quantitative estimate of drug-likeness (QED) is 0.608. The summed E-state index contributed by atoms with van der Waals surface area (Å²) >= 11 is 0. The number of nitrogens with two attached hydrogens (primary N) is 1. The molecule has 0 saturated heterocycles. The molecule has 154 valence electrons. The third-order valence-corrected chi connectivity index (χ3v) is 7.78. The Kier molecular flexibility index (Phi) is 5.90. The molecular weight excluding hydrogens is 338 g/mol. The Balaban J connectivity index is 1.64. The van der Waals surface area contributed by atoms with Gasteiger partial charge in [0.1, 0.15) is 6.04 Å². The van der Waals surface area contributed by atoms with E-state index in [4.69, 9.17) is 5.73 Å². The van der Waals surface area contributed by atoms with Gasteiger partial charge in [-0.05, 0) is 75.0 Å². The van der Waals surface area contributed by atoms with Gasteiger partial charge in [-0.25, -0.2) is 0 Å². The van der Waals surface area contributed by atoms with Gasteiger partial charge in [0, 0.05) is 17.5 Å². The molecule has 4 fully saturated rings. The predicted octanol–water partition coefficient (Wildman–Crippen LogP) is 2.98. The zero-order valence-electron chi connectivity index (χ0n) is 17.6. The van der Waals surface area contributed by atoms with Crippen molar-refractivity contribution in [1.29, 1.82) is 0 Å². The van der Waals surface area contributed by atoms with Gasteiger partial charge >= 0.3 is 0 Å². The van der Waals surface area contributed by atoms with Crippen molar-refractivity contribution in [3.05, 3.63) is 0 Å². The van der Waals surface area contributed by atoms with Crippen LogP contribution in [0.25, 0.3) is 0 Å². The third-order valence-electron chi connectivity index (χ3n) is 7.78. The van der Waals surface area contributed by atoms with E-state index in [-0.39, 0.29) is 28.7 Å². The highest BCUT2D eigenvalue weighted by Gasteiger charge is 2.55. The van der Waals surface area contributed by atoms with Gasteiger partial charge in [-0.2, -0.15) is 0 Å². The second kappa shape index (κ2) is 7.73. The maximum absolute atomic E-state index is 13.3. The SMILES string of the molecule is CCC(N)(CC)CNC(=O)C(NC(=O)C12CC3CC(CC(C3)C1)C2)C(C)C. The summed E-state index contributed by atoms with van der Waals surface area (Å²) in [6.07, 6.45) is 8.64. The van der Waals surface area contributed by atoms with E-state index in [1.54, 1.807) is 0 Å². The number of amides is 2. The molecular formula is C22H39N3O2. The van der Waals surface area contributed by atoms with E-state index in [0.29, 0.717) is 6.54 Å². The first-order chi connectivity index (χ1) is 12.7. The standard InChI is InChI=1S/C22H39N3O2/c1-5-22(23,6-2)13-24-19(26)18(14(3)4)25-20(27)21-10-15-7-16(11-21)9-17(8-15)12-21/h14-18H,5-13,23H2,1-4H3,(H,24,26)(H,25,27). The largest absolute Gasteiger partial charge is 0.352 e. The van der Waals surface area contributed by atoms with Gasteiger partial charge in [0.2, 0.25) is 11.8 Å². The second-order valence-electron chi connectivity index (χ2n) is 10.2. The first-order valence-electron chi connectivity index (χ1n) is 11.1. The van der Waals surface area contributed by atoms with E-state index < -0.39 is 6.04 Å². The lowest BCUT2D eigenvalue weighted by molar-refractivity contribution is -0.149. The Bertz CT molecular complexity index is 533. The van der Waals surface area contributed by atoms with Crippen LogP contribution in [0, 0.1) is 29.1 Å². The summed E-state index contributed by atoms with van der Waals surface area (Å²) in [6, 6.07) is -0.483. The Labute approximate surface area is 164 Å². The Morgan fingerprint density at radius 3 is 1.93 bits per heavy atom. The molecule has 5 nitrogen and oxygen atoms in total. The average Bonchev–Trinajstić information content (AvgIpc) is 2.62. The minimum absolute atomic E-state index is 0.0540. The van der Waals surface area contributed by atoms with E-state index in [9.17, 15) is 9.59 Å². The number of carbonyl (C=O) groups is 2. The van der Waals surface area contributed by atoms with Gasteiger partial charge in [-0.15, -0.1) is 0 Å². The lowest BCUT2D eigenvalue weighted by atomic mass is 9.49. The Morgan fingerprint density at radius 1 is 1.04 bits per heavy atom. The lowest BCUT2D eigenvalue weighted by Crippen LogP contribution is -2.59. The van der Waals surface area contributed by atoms with Crippen molar-refractivity contribution in [2.24, 2.45) is 34.8 Å². The van der Waals surface area contributed by atoms with E-state index in [2.05, 4.69) is 10.6 Å². The molecule has 4 aliphatic rings. The van der Waals surface area contributed by atoms with Gasteiger partial charge in [-0.1, -0.05) is 27.7 Å². The summed E-state index contributed by atoms with van der Waals surface area (Å²) in [7, 11) is 0. The molecule has 4 bridgehead atoms. The van der Waals surface area contributed by atoms with Gasteiger partial charge in [-0.3, -0.25) is 9.59 Å². The summed E-state index contributed by atoms with van der Waals surface area (Å²) in [5.41, 5.74) is 5.73. The molecule has 4 rings (SSSR count). The third kappa shape index (κ3) is 4.18. The molecule has 0 aromatic rings. The summed E-state index contributed by atoms with van der Waals surface area (Å²) in [4.78, 5) is 26.2. The van der Waals surface area contributed by atoms with Crippen molar-refractivity contribution in [2.45, 2.75) is 90.6 Å². The monoisotopic (exact) mass is 377 g/mol. The molecule has 5 heteroatoms. The minimum atomic E-state index is -0.483. The predicted molar refractivity (Wildman–Crippen MR) is 108 cm³/mol. The normalized spacial score (nSPS) is 33.2. The van der Waals surface area contributed by atoms with Crippen LogP contribution in [0.5, 0.6) is 0 Å². The molecule has 0 aliphatic heterocycles. The molecule has 2 amide bonds. The lowest BCUT2D eigenvalue weighted by Gasteiger charge is -2.55. The molecule has 4 saturated carbocycles. The van der Waals surface area contributed by atoms with Crippen molar-refractivity contribution < 1.29 is 9.59 Å². The molecule has 27 heavy (non-hydrogen) atoms. The van der Waals surface area contributed by atoms with Crippen LogP contribution in [0.1, 0.15) is 79.1 Å². The number of hydrogen-bond acceptors (Lipinski definition) is 3. The highest BCUT2D eigenvalue weighted by Crippen LogP contribution is 2.60. The van der Waals surface area contributed by atoms with E-state index in [1.165, 1.54) is 19.3 Å². The smallest absolute Gasteiger partial charge is 0.242 e. The zero-order chi connectivity index (χ0) is 19.8. The second-order valence-corrected chi connectivity index (χ2v) is 10.2. The minimum Gasteiger partial charge on any atom is -0.352 e. The summed E-state index contributed by atoms with van der Waals surface area (Å²) in [6.45, 7) is 8.54. The molecule has 0 aromatic carbocycles. The van der Waals surface area contributed by atoms with Crippen LogP contribution in [0.3, 0.4) is 0 Å². The van der Waals surface area contributed by atoms with Crippen LogP contribution < -0.4 is 16.4 Å². The van der Waals surface area contributed by atoms with Gasteiger partial charge in [0.25, 0.3) is 0 Å². The number of hydrogen-bond donors (Lipinski definition) is 3. The van der Waals surface area contributed by atoms with Crippen molar-refractivity contribution >= 4 is 11.8 Å². The zero-order valence-corrected chi connectivity index (χ0v) is 17.6. The van der Waals surface area contributed by atoms with Crippen molar-refractivity contribution in [1.82, 2.24) is 10.6 Å². The van der Waals surface area contributed by atoms with Crippen LogP contribution >= 0.6 is 0 Å². The number of nitrogens with one attached hydrogen (secondary N) is 2. The van der Waals surface area contributed by atoms with Gasteiger partial charge in [0.15, 0.2) is 0 Å². The molecule has 4 aliphatic carbocycles. The highest BCUT2D eigenvalue weighted by molar-refractivity contribution is 5.90. The fourth-order valence-electron chi connectivity index (χ4n) is 6.09. The van der Waals surface area contributed by atoms with Crippen molar-refractivity contribution in [2.75, 3.05) is 6.54 Å². The highest BCUT2D eigenvalue weighted by atomic mass is 16.2. The molecule has 0 radical (unpaired) electrons. The van der Waals surface area contributed by atoms with Crippen molar-refractivity contribution in [3.63, 3.8) is 0 Å². The fourth-order valence-corrected chi connectivity index (χ4v) is 6.09. The van der Waals surface area contributed by atoms with Gasteiger partial charge in [0.05, 0.1) is 0 Å². The maximum atomic E-state index is 13.3. The topological polar surface area (TPSA) is 84.2 Å². The summed E-state index contributed by atoms with van der Waals surface area (Å²) in [5, 5.41) is 6.16. The van der Waals surface area contributed by atoms with Crippen LogP contribution in [0.15, 0.2) is 0 Å². The van der Waals surface area contributed by atoms with E-state index in [0.717, 1.165) is 49.9 Å². The Morgan fingerprint density at radius 2 is 1.52 bits per heavy atom. The fraction of sp³-hybridized carbons (Fsp3) is 0.909. The van der Waals surface area contributed by atoms with Crippen molar-refractivity contribution in [3.8, 4) is 0 Å². The number of carbonyl (C=O) groups excluding carboxylic acids is 2. The molecule has 0 heterocycles. The van der Waals surface area contributed by atoms with Gasteiger partial charge < -0.3 is 16.4 Å². The molecule has 0 aromatic heterocycles. The van der Waals surface area contributed by atoms with E-state index in [1.807, 2.05) is 27.7 Å². The maximum Gasteiger partial charge on any atom is 0.242 e. The van der Waals surface area contributed by atoms with Crippen LogP contribution in [-0.2, 0) is 9.59 Å². The van der Waals surface area contributed by atoms with E-state index >= 15 is 0 Å². The number of rotatable bonds is 8. The first-order valence-corrected chi connectivity index (χ1v) is 11.1. The van der Waals surface area contributed by atoms with Crippen LogP contribution in [0.4, 0.5) is 0 Å². The average molecular weight is 378 g/mol. The Hall–Kier alpha value is -1.10. The molecule has 0 spiro atoms. The summed E-state index contributed by atoms with van der Waals surface area (Å²) < 4.78 is 0. The molecule has 4 N–H and O–H groups in total. The van der Waals surface area contributed by atoms with Crippen LogP contribution in [0.2, 0.25) is 0 Å². The summed E-state index contributed by atoms with van der Waals surface area (Å²) in [5.74, 6) is 2.25. The molecule has 1 atom stereocenters. The first kappa shape index (κ1) is 20.6. The van der Waals surface area contributed by atoms with Crippen LogP contribution in [-0.4, -0.2) is 29.9 Å².